The quantitative estimate of drug-likeness (QED) is 0.224. The number of benzene rings is 2. The van der Waals surface area contributed by atoms with E-state index in [9.17, 15) is 14.9 Å². The molecular weight excluding hydrogens is 654 g/mol. The molecule has 0 spiro atoms. The summed E-state index contributed by atoms with van der Waals surface area (Å²) in [6.45, 7) is 11.0. The van der Waals surface area contributed by atoms with E-state index in [1.807, 2.05) is 10.6 Å². The highest BCUT2D eigenvalue weighted by atomic mass is 35.5. The first-order valence-corrected chi connectivity index (χ1v) is 16.0. The molecule has 0 radical (unpaired) electrons. The number of rotatable bonds is 2. The highest BCUT2D eigenvalue weighted by Gasteiger charge is 2.37. The van der Waals surface area contributed by atoms with E-state index in [2.05, 4.69) is 15.5 Å². The zero-order valence-corrected chi connectivity index (χ0v) is 28.0. The van der Waals surface area contributed by atoms with E-state index in [0.29, 0.717) is 24.6 Å². The summed E-state index contributed by atoms with van der Waals surface area (Å²) < 4.78 is 50.4. The molecule has 0 unspecified atom stereocenters. The number of ether oxygens (including phenoxy) is 3. The average Bonchev–Trinajstić information content (AvgIpc) is 3.54. The number of carbonyl (C=O) groups excluding carboxylic acids is 2. The topological polar surface area (TPSA) is 132 Å². The number of thiophene rings is 1. The largest absolute Gasteiger partial charge is 0.491 e. The van der Waals surface area contributed by atoms with Gasteiger partial charge in [0.15, 0.2) is 11.6 Å². The number of nitrogens with zero attached hydrogens (tertiary/aromatic N) is 5. The standard InChI is InChI=1S/C32H31ClF2N6O5S/c1-31(2,3)45-29(42)37-28-18(12-36)22-16(7-8-19(34)26(22)47-28)23-20(35)11-17-25(24(23)33)44-10-9-15-13-40(30(43)46-32(4,5)6)14-21-38-39-27(17)41(15)21/h7-8,11,15H,9-10,13-14H2,1-6H3,(H,37,42)/t15-/m1/s1. The Morgan fingerprint density at radius 2 is 1.83 bits per heavy atom. The first-order chi connectivity index (χ1) is 22.1. The SMILES string of the molecule is CC(C)(C)OC(=O)Nc1sc2c(F)ccc(-c3c(F)cc4c(c3Cl)OCC[C@@H]3CN(C(=O)OC(C)(C)C)Cc5nnc-4n53)c2c1C#N. The minimum atomic E-state index is -0.828. The number of anilines is 1. The van der Waals surface area contributed by atoms with Gasteiger partial charge in [0.1, 0.15) is 39.7 Å². The molecule has 6 rings (SSSR count). The summed E-state index contributed by atoms with van der Waals surface area (Å²) in [4.78, 5) is 27.0. The van der Waals surface area contributed by atoms with E-state index in [0.717, 1.165) is 17.4 Å². The molecular formula is C32H31ClF2N6O5S. The molecule has 1 N–H and O–H groups in total. The number of fused-ring (bicyclic) bond motifs is 3. The van der Waals surface area contributed by atoms with Crippen LogP contribution < -0.4 is 10.1 Å². The molecule has 0 aliphatic carbocycles. The zero-order chi connectivity index (χ0) is 34.0. The third-order valence-electron chi connectivity index (χ3n) is 7.44. The lowest BCUT2D eigenvalue weighted by atomic mass is 9.96. The third kappa shape index (κ3) is 6.05. The van der Waals surface area contributed by atoms with E-state index >= 15 is 8.78 Å². The molecule has 2 aromatic carbocycles. The summed E-state index contributed by atoms with van der Waals surface area (Å²) in [5.41, 5.74) is -1.29. The molecule has 246 valence electrons. The minimum Gasteiger partial charge on any atom is -0.491 e. The van der Waals surface area contributed by atoms with Gasteiger partial charge in [0.05, 0.1) is 40.0 Å². The number of carbonyl (C=O) groups is 2. The Morgan fingerprint density at radius 3 is 2.51 bits per heavy atom. The first-order valence-electron chi connectivity index (χ1n) is 14.8. The summed E-state index contributed by atoms with van der Waals surface area (Å²) in [5.74, 6) is -0.481. The van der Waals surface area contributed by atoms with Crippen LogP contribution in [0, 0.1) is 23.0 Å². The van der Waals surface area contributed by atoms with E-state index < -0.39 is 35.0 Å². The van der Waals surface area contributed by atoms with Crippen molar-refractivity contribution in [3.63, 3.8) is 0 Å². The lowest BCUT2D eigenvalue weighted by Gasteiger charge is -2.36. The molecule has 11 nitrogen and oxygen atoms in total. The number of nitrogens with one attached hydrogen (secondary N) is 1. The number of aromatic nitrogens is 3. The van der Waals surface area contributed by atoms with Gasteiger partial charge in [-0.1, -0.05) is 17.7 Å². The highest BCUT2D eigenvalue weighted by Crippen LogP contribution is 2.50. The van der Waals surface area contributed by atoms with E-state index in [-0.39, 0.29) is 67.3 Å². The van der Waals surface area contributed by atoms with Crippen LogP contribution in [0.25, 0.3) is 32.6 Å². The Kier molecular flexibility index (Phi) is 8.04. The van der Waals surface area contributed by atoms with Gasteiger partial charge < -0.3 is 18.8 Å². The van der Waals surface area contributed by atoms with E-state index in [4.69, 9.17) is 25.8 Å². The van der Waals surface area contributed by atoms with Crippen molar-refractivity contribution in [3.05, 3.63) is 46.2 Å². The molecule has 1 atom stereocenters. The van der Waals surface area contributed by atoms with E-state index in [1.165, 1.54) is 12.1 Å². The molecule has 0 saturated heterocycles. The second-order valence-corrected chi connectivity index (χ2v) is 14.6. The number of amides is 2. The van der Waals surface area contributed by atoms with Crippen molar-refractivity contribution >= 4 is 50.2 Å². The molecule has 2 aliphatic heterocycles. The fraction of sp³-hybridized carbons (Fsp3) is 0.406. The smallest absolute Gasteiger partial charge is 0.412 e. The molecule has 4 heterocycles. The summed E-state index contributed by atoms with van der Waals surface area (Å²) in [7, 11) is 0. The monoisotopic (exact) mass is 684 g/mol. The predicted octanol–water partition coefficient (Wildman–Crippen LogP) is 8.05. The maximum absolute atomic E-state index is 16.3. The van der Waals surface area contributed by atoms with Crippen molar-refractivity contribution < 1.29 is 32.6 Å². The van der Waals surface area contributed by atoms with Crippen LogP contribution in [0.3, 0.4) is 0 Å². The molecule has 15 heteroatoms. The maximum atomic E-state index is 16.3. The molecule has 0 saturated carbocycles. The van der Waals surface area contributed by atoms with Gasteiger partial charge in [-0.05, 0) is 59.2 Å². The normalized spacial score (nSPS) is 15.9. The van der Waals surface area contributed by atoms with Crippen molar-refractivity contribution in [1.29, 1.82) is 5.26 Å². The van der Waals surface area contributed by atoms with Gasteiger partial charge >= 0.3 is 12.2 Å². The second kappa shape index (κ2) is 11.6. The van der Waals surface area contributed by atoms with Gasteiger partial charge in [0, 0.05) is 23.9 Å². The fourth-order valence-corrected chi connectivity index (χ4v) is 7.10. The first kappa shape index (κ1) is 32.5. The van der Waals surface area contributed by atoms with E-state index in [1.54, 1.807) is 46.4 Å². The maximum Gasteiger partial charge on any atom is 0.412 e. The average molecular weight is 685 g/mol. The molecule has 2 amide bonds. The van der Waals surface area contributed by atoms with Crippen LogP contribution in [-0.4, -0.2) is 56.2 Å². The van der Waals surface area contributed by atoms with Crippen molar-refractivity contribution in [1.82, 2.24) is 19.7 Å². The predicted molar refractivity (Wildman–Crippen MR) is 172 cm³/mol. The lowest BCUT2D eigenvalue weighted by Crippen LogP contribution is -2.44. The number of hydrogen-bond donors (Lipinski definition) is 1. The fourth-order valence-electron chi connectivity index (χ4n) is 5.68. The summed E-state index contributed by atoms with van der Waals surface area (Å²) in [6, 6.07) is 5.45. The van der Waals surface area contributed by atoms with Gasteiger partial charge in [-0.2, -0.15) is 5.26 Å². The van der Waals surface area contributed by atoms with Crippen LogP contribution >= 0.6 is 22.9 Å². The van der Waals surface area contributed by atoms with Crippen molar-refractivity contribution in [3.8, 4) is 34.3 Å². The molecule has 47 heavy (non-hydrogen) atoms. The Labute approximate surface area is 278 Å². The van der Waals surface area contributed by atoms with Crippen LogP contribution in [0.5, 0.6) is 5.75 Å². The second-order valence-electron chi connectivity index (χ2n) is 13.2. The Morgan fingerprint density at radius 1 is 1.11 bits per heavy atom. The molecule has 2 aromatic heterocycles. The highest BCUT2D eigenvalue weighted by molar-refractivity contribution is 7.23. The third-order valence-corrected chi connectivity index (χ3v) is 8.92. The zero-order valence-electron chi connectivity index (χ0n) is 26.5. The Hall–Kier alpha value is -4.48. The van der Waals surface area contributed by atoms with Crippen LogP contribution in [0.2, 0.25) is 5.02 Å². The number of hydrogen-bond acceptors (Lipinski definition) is 9. The Balaban J connectivity index is 1.44. The van der Waals surface area contributed by atoms with Crippen molar-refractivity contribution in [2.45, 2.75) is 71.8 Å². The summed E-state index contributed by atoms with van der Waals surface area (Å²) in [5, 5.41) is 21.3. The van der Waals surface area contributed by atoms with Crippen LogP contribution in [-0.2, 0) is 16.0 Å². The van der Waals surface area contributed by atoms with Crippen molar-refractivity contribution in [2.24, 2.45) is 0 Å². The summed E-state index contributed by atoms with van der Waals surface area (Å²) in [6.07, 6.45) is -0.857. The Bertz CT molecular complexity index is 1990. The van der Waals surface area contributed by atoms with Gasteiger partial charge in [-0.3, -0.25) is 10.2 Å². The minimum absolute atomic E-state index is 0.0251. The molecule has 2 aliphatic rings. The van der Waals surface area contributed by atoms with Crippen LogP contribution in [0.4, 0.5) is 23.4 Å². The molecule has 0 fully saturated rings. The molecule has 0 bridgehead atoms. The van der Waals surface area contributed by atoms with Crippen LogP contribution in [0.15, 0.2) is 18.2 Å². The van der Waals surface area contributed by atoms with Gasteiger partial charge in [0.25, 0.3) is 0 Å². The number of halogens is 3. The van der Waals surface area contributed by atoms with Gasteiger partial charge in [-0.15, -0.1) is 21.5 Å². The van der Waals surface area contributed by atoms with Gasteiger partial charge in [0.2, 0.25) is 0 Å². The molecule has 4 aromatic rings. The van der Waals surface area contributed by atoms with Crippen LogP contribution in [0.1, 0.15) is 65.4 Å². The van der Waals surface area contributed by atoms with Gasteiger partial charge in [-0.25, -0.2) is 18.4 Å². The number of nitriles is 1. The van der Waals surface area contributed by atoms with Crippen molar-refractivity contribution in [2.75, 3.05) is 18.5 Å². The summed E-state index contributed by atoms with van der Waals surface area (Å²) >= 11 is 7.75. The lowest BCUT2D eigenvalue weighted by molar-refractivity contribution is 0.0152.